The van der Waals surface area contributed by atoms with E-state index in [2.05, 4.69) is 4.90 Å². The molecule has 2 bridgehead atoms. The minimum Gasteiger partial charge on any atom is -0.381 e. The van der Waals surface area contributed by atoms with E-state index in [9.17, 15) is 4.79 Å². The van der Waals surface area contributed by atoms with Crippen LogP contribution in [0.2, 0.25) is 0 Å². The van der Waals surface area contributed by atoms with Gasteiger partial charge in [-0.3, -0.25) is 4.79 Å². The molecule has 23 heavy (non-hydrogen) atoms. The predicted octanol–water partition coefficient (Wildman–Crippen LogP) is 2.42. The molecule has 2 saturated carbocycles. The molecule has 130 valence electrons. The molecule has 0 aromatic rings. The Bertz CT molecular complexity index is 421. The zero-order chi connectivity index (χ0) is 15.8. The lowest BCUT2D eigenvalue weighted by Gasteiger charge is -2.44. The first-order valence-electron chi connectivity index (χ1n) is 9.84. The minimum atomic E-state index is 0.263. The molecule has 2 heterocycles. The molecule has 0 aromatic heterocycles. The second-order valence-electron chi connectivity index (χ2n) is 8.48. The van der Waals surface area contributed by atoms with Gasteiger partial charge in [-0.2, -0.15) is 0 Å². The van der Waals surface area contributed by atoms with Crippen LogP contribution in [0.5, 0.6) is 0 Å². The largest absolute Gasteiger partial charge is 0.381 e. The van der Waals surface area contributed by atoms with Gasteiger partial charge in [0.1, 0.15) is 0 Å². The Balaban J connectivity index is 1.34. The summed E-state index contributed by atoms with van der Waals surface area (Å²) in [5.74, 6) is 3.41. The second kappa shape index (κ2) is 6.72. The van der Waals surface area contributed by atoms with Crippen LogP contribution < -0.4 is 5.73 Å². The first kappa shape index (κ1) is 15.9. The lowest BCUT2D eigenvalue weighted by atomic mass is 9.65. The van der Waals surface area contributed by atoms with E-state index in [0.717, 1.165) is 45.1 Å². The highest BCUT2D eigenvalue weighted by atomic mass is 16.5. The Morgan fingerprint density at radius 3 is 2.30 bits per heavy atom. The Kier molecular flexibility index (Phi) is 4.64. The molecule has 0 spiro atoms. The van der Waals surface area contributed by atoms with E-state index in [1.807, 2.05) is 0 Å². The standard InChI is InChI=1S/C19H32N2O2/c20-18-14-2-1-3-15(18)11-17(10-14)19(22)21-7-4-16(12-21)13-5-8-23-9-6-13/h13-18H,1-12,20H2. The third-order valence-electron chi connectivity index (χ3n) is 7.23. The summed E-state index contributed by atoms with van der Waals surface area (Å²) < 4.78 is 5.49. The lowest BCUT2D eigenvalue weighted by Crippen LogP contribution is -2.49. The average molecular weight is 320 g/mol. The molecule has 4 aliphatic rings. The summed E-state index contributed by atoms with van der Waals surface area (Å²) in [6, 6.07) is 0.362. The van der Waals surface area contributed by atoms with Crippen LogP contribution in [0.15, 0.2) is 0 Å². The lowest BCUT2D eigenvalue weighted by molar-refractivity contribution is -0.137. The molecule has 4 fully saturated rings. The molecule has 2 saturated heterocycles. The molecular formula is C19H32N2O2. The van der Waals surface area contributed by atoms with Crippen LogP contribution in [-0.4, -0.2) is 43.2 Å². The van der Waals surface area contributed by atoms with Crippen molar-refractivity contribution in [3.63, 3.8) is 0 Å². The number of nitrogens with zero attached hydrogens (tertiary/aromatic N) is 1. The average Bonchev–Trinajstić information content (AvgIpc) is 3.05. The number of carbonyl (C=O) groups is 1. The highest BCUT2D eigenvalue weighted by molar-refractivity contribution is 5.79. The maximum absolute atomic E-state index is 13.0. The fourth-order valence-electron chi connectivity index (χ4n) is 5.81. The first-order valence-corrected chi connectivity index (χ1v) is 9.84. The highest BCUT2D eigenvalue weighted by Crippen LogP contribution is 2.43. The van der Waals surface area contributed by atoms with Crippen molar-refractivity contribution in [1.82, 2.24) is 4.90 Å². The van der Waals surface area contributed by atoms with E-state index in [0.29, 0.717) is 29.7 Å². The van der Waals surface area contributed by atoms with Crippen LogP contribution in [0, 0.1) is 29.6 Å². The van der Waals surface area contributed by atoms with Crippen molar-refractivity contribution >= 4 is 5.91 Å². The van der Waals surface area contributed by atoms with Crippen molar-refractivity contribution in [3.8, 4) is 0 Å². The summed E-state index contributed by atoms with van der Waals surface area (Å²) >= 11 is 0. The first-order chi connectivity index (χ1) is 11.2. The summed E-state index contributed by atoms with van der Waals surface area (Å²) in [4.78, 5) is 15.2. The van der Waals surface area contributed by atoms with Crippen LogP contribution in [0.3, 0.4) is 0 Å². The number of hydrogen-bond acceptors (Lipinski definition) is 3. The van der Waals surface area contributed by atoms with Gasteiger partial charge in [0.05, 0.1) is 0 Å². The summed E-state index contributed by atoms with van der Waals surface area (Å²) in [5.41, 5.74) is 6.38. The van der Waals surface area contributed by atoms with Crippen LogP contribution in [0.4, 0.5) is 0 Å². The molecule has 2 N–H and O–H groups in total. The van der Waals surface area contributed by atoms with Gasteiger partial charge >= 0.3 is 0 Å². The minimum absolute atomic E-state index is 0.263. The van der Waals surface area contributed by atoms with Crippen molar-refractivity contribution in [1.29, 1.82) is 0 Å². The molecule has 4 rings (SSSR count). The van der Waals surface area contributed by atoms with E-state index in [4.69, 9.17) is 10.5 Å². The third kappa shape index (κ3) is 3.17. The maximum atomic E-state index is 13.0. The van der Waals surface area contributed by atoms with E-state index < -0.39 is 0 Å². The highest BCUT2D eigenvalue weighted by Gasteiger charge is 2.43. The number of ether oxygens (including phenoxy) is 1. The van der Waals surface area contributed by atoms with Crippen molar-refractivity contribution in [2.24, 2.45) is 35.3 Å². The summed E-state index contributed by atoms with van der Waals surface area (Å²) in [6.07, 6.45) is 9.49. The molecule has 3 atom stereocenters. The molecular weight excluding hydrogens is 288 g/mol. The molecule has 0 radical (unpaired) electrons. The zero-order valence-corrected chi connectivity index (χ0v) is 14.3. The topological polar surface area (TPSA) is 55.6 Å². The molecule has 3 unspecified atom stereocenters. The van der Waals surface area contributed by atoms with Gasteiger partial charge in [0.2, 0.25) is 5.91 Å². The molecule has 0 aromatic carbocycles. The van der Waals surface area contributed by atoms with Crippen molar-refractivity contribution < 1.29 is 9.53 Å². The number of fused-ring (bicyclic) bond motifs is 2. The van der Waals surface area contributed by atoms with Gasteiger partial charge < -0.3 is 15.4 Å². The number of likely N-dealkylation sites (tertiary alicyclic amines) is 1. The number of carbonyl (C=O) groups excluding carboxylic acids is 1. The van der Waals surface area contributed by atoms with Crippen molar-refractivity contribution in [2.45, 2.75) is 57.4 Å². The van der Waals surface area contributed by atoms with Crippen LogP contribution >= 0.6 is 0 Å². The SMILES string of the molecule is NC1C2CCCC1CC(C(=O)N1CCC(C3CCOCC3)C1)C2. The van der Waals surface area contributed by atoms with E-state index in [1.165, 1.54) is 38.5 Å². The van der Waals surface area contributed by atoms with Gasteiger partial charge in [-0.1, -0.05) is 6.42 Å². The monoisotopic (exact) mass is 320 g/mol. The third-order valence-corrected chi connectivity index (χ3v) is 7.23. The van der Waals surface area contributed by atoms with Gasteiger partial charge in [-0.05, 0) is 68.6 Å². The number of rotatable bonds is 2. The van der Waals surface area contributed by atoms with Crippen LogP contribution in [-0.2, 0) is 9.53 Å². The van der Waals surface area contributed by atoms with Crippen LogP contribution in [0.25, 0.3) is 0 Å². The quantitative estimate of drug-likeness (QED) is 0.850. The molecule has 4 nitrogen and oxygen atoms in total. The van der Waals surface area contributed by atoms with Gasteiger partial charge in [-0.25, -0.2) is 0 Å². The van der Waals surface area contributed by atoms with Crippen LogP contribution in [0.1, 0.15) is 51.4 Å². The number of nitrogens with two attached hydrogens (primary N) is 1. The van der Waals surface area contributed by atoms with E-state index in [1.54, 1.807) is 0 Å². The summed E-state index contributed by atoms with van der Waals surface area (Å²) in [5, 5.41) is 0. The van der Waals surface area contributed by atoms with Gasteiger partial charge in [-0.15, -0.1) is 0 Å². The van der Waals surface area contributed by atoms with Gasteiger partial charge in [0, 0.05) is 38.3 Å². The normalized spacial score (nSPS) is 42.0. The molecule has 2 aliphatic carbocycles. The Hall–Kier alpha value is -0.610. The predicted molar refractivity (Wildman–Crippen MR) is 89.8 cm³/mol. The van der Waals surface area contributed by atoms with E-state index in [-0.39, 0.29) is 5.92 Å². The van der Waals surface area contributed by atoms with E-state index >= 15 is 0 Å². The Morgan fingerprint density at radius 2 is 1.61 bits per heavy atom. The fourth-order valence-corrected chi connectivity index (χ4v) is 5.81. The summed E-state index contributed by atoms with van der Waals surface area (Å²) in [6.45, 7) is 3.82. The van der Waals surface area contributed by atoms with Crippen molar-refractivity contribution in [3.05, 3.63) is 0 Å². The maximum Gasteiger partial charge on any atom is 0.225 e. The Morgan fingerprint density at radius 1 is 0.913 bits per heavy atom. The smallest absolute Gasteiger partial charge is 0.225 e. The number of amides is 1. The summed E-state index contributed by atoms with van der Waals surface area (Å²) in [7, 11) is 0. The molecule has 1 amide bonds. The Labute approximate surface area is 140 Å². The zero-order valence-electron chi connectivity index (χ0n) is 14.3. The van der Waals surface area contributed by atoms with Gasteiger partial charge in [0.15, 0.2) is 0 Å². The second-order valence-corrected chi connectivity index (χ2v) is 8.48. The molecule has 2 aliphatic heterocycles. The fraction of sp³-hybridized carbons (Fsp3) is 0.947. The number of hydrogen-bond donors (Lipinski definition) is 1. The van der Waals surface area contributed by atoms with Gasteiger partial charge in [0.25, 0.3) is 0 Å². The molecule has 4 heteroatoms. The van der Waals surface area contributed by atoms with Crippen molar-refractivity contribution in [2.75, 3.05) is 26.3 Å².